The Kier molecular flexibility index (Phi) is 3.64. The van der Waals surface area contributed by atoms with Gasteiger partial charge in [-0.1, -0.05) is 0 Å². The van der Waals surface area contributed by atoms with E-state index < -0.39 is 5.97 Å². The molecule has 0 saturated heterocycles. The zero-order valence-corrected chi connectivity index (χ0v) is 8.36. The molecule has 0 fully saturated rings. The van der Waals surface area contributed by atoms with Gasteiger partial charge in [-0.2, -0.15) is 5.10 Å². The molecule has 1 N–H and O–H groups in total. The minimum absolute atomic E-state index is 0.107. The Labute approximate surface area is 82.3 Å². The van der Waals surface area contributed by atoms with Gasteiger partial charge in [-0.3, -0.25) is 4.68 Å². The first-order valence-corrected chi connectivity index (χ1v) is 4.40. The van der Waals surface area contributed by atoms with E-state index in [9.17, 15) is 4.79 Å². The molecule has 5 nitrogen and oxygen atoms in total. The molecule has 0 aliphatic rings. The van der Waals surface area contributed by atoms with E-state index in [1.807, 2.05) is 0 Å². The van der Waals surface area contributed by atoms with Crippen LogP contribution in [0.5, 0.6) is 0 Å². The highest BCUT2D eigenvalue weighted by Gasteiger charge is 2.15. The van der Waals surface area contributed by atoms with Gasteiger partial charge in [0.05, 0.1) is 7.11 Å². The molecular formula is C9H14N2O3. The molecule has 1 heterocycles. The fraction of sp³-hybridized carbons (Fsp3) is 0.556. The molecule has 0 aliphatic carbocycles. The van der Waals surface area contributed by atoms with Gasteiger partial charge in [-0.25, -0.2) is 4.79 Å². The van der Waals surface area contributed by atoms with Crippen LogP contribution in [0.3, 0.4) is 0 Å². The molecule has 0 aliphatic heterocycles. The number of rotatable bonds is 4. The molecule has 0 unspecified atom stereocenters. The van der Waals surface area contributed by atoms with E-state index in [0.29, 0.717) is 18.5 Å². The SMILES string of the molecule is COC(=O)c1nn(C)cc1CCCO. The van der Waals surface area contributed by atoms with Crippen LogP contribution >= 0.6 is 0 Å². The van der Waals surface area contributed by atoms with E-state index in [1.165, 1.54) is 7.11 Å². The van der Waals surface area contributed by atoms with E-state index in [1.54, 1.807) is 17.9 Å². The van der Waals surface area contributed by atoms with Crippen molar-refractivity contribution in [1.29, 1.82) is 0 Å². The van der Waals surface area contributed by atoms with Gasteiger partial charge in [-0.15, -0.1) is 0 Å². The van der Waals surface area contributed by atoms with Crippen molar-refractivity contribution in [3.05, 3.63) is 17.5 Å². The van der Waals surface area contributed by atoms with Crippen molar-refractivity contribution in [3.63, 3.8) is 0 Å². The summed E-state index contributed by atoms with van der Waals surface area (Å²) in [6.45, 7) is 0.107. The number of aliphatic hydroxyl groups is 1. The van der Waals surface area contributed by atoms with E-state index in [2.05, 4.69) is 9.84 Å². The second-order valence-electron chi connectivity index (χ2n) is 3.00. The molecule has 0 amide bonds. The van der Waals surface area contributed by atoms with Crippen LogP contribution in [-0.4, -0.2) is 34.6 Å². The molecule has 0 aromatic carbocycles. The van der Waals surface area contributed by atoms with Gasteiger partial charge in [0.15, 0.2) is 5.69 Å². The van der Waals surface area contributed by atoms with Crippen molar-refractivity contribution in [1.82, 2.24) is 9.78 Å². The third-order valence-electron chi connectivity index (χ3n) is 1.89. The second kappa shape index (κ2) is 4.76. The maximum Gasteiger partial charge on any atom is 0.358 e. The Morgan fingerprint density at radius 1 is 1.71 bits per heavy atom. The molecular weight excluding hydrogens is 184 g/mol. The average molecular weight is 198 g/mol. The lowest BCUT2D eigenvalue weighted by Crippen LogP contribution is -2.06. The minimum Gasteiger partial charge on any atom is -0.464 e. The molecule has 0 atom stereocenters. The predicted octanol–water partition coefficient (Wildman–Crippen LogP) is 0.132. The first-order valence-electron chi connectivity index (χ1n) is 4.40. The number of methoxy groups -OCH3 is 1. The van der Waals surface area contributed by atoms with Crippen molar-refractivity contribution >= 4 is 5.97 Å². The number of aromatic nitrogens is 2. The van der Waals surface area contributed by atoms with E-state index in [-0.39, 0.29) is 6.61 Å². The normalized spacial score (nSPS) is 10.2. The number of esters is 1. The fourth-order valence-corrected chi connectivity index (χ4v) is 1.26. The molecule has 0 saturated carbocycles. The lowest BCUT2D eigenvalue weighted by atomic mass is 10.1. The summed E-state index contributed by atoms with van der Waals surface area (Å²) >= 11 is 0. The summed E-state index contributed by atoms with van der Waals surface area (Å²) in [5.74, 6) is -0.432. The Balaban J connectivity index is 2.85. The maximum absolute atomic E-state index is 11.3. The van der Waals surface area contributed by atoms with Gasteiger partial charge in [0.1, 0.15) is 0 Å². The topological polar surface area (TPSA) is 64.3 Å². The summed E-state index contributed by atoms with van der Waals surface area (Å²) in [6, 6.07) is 0. The molecule has 1 aromatic heterocycles. The lowest BCUT2D eigenvalue weighted by molar-refractivity contribution is 0.0591. The first-order chi connectivity index (χ1) is 6.69. The highest BCUT2D eigenvalue weighted by Crippen LogP contribution is 2.09. The van der Waals surface area contributed by atoms with Crippen LogP contribution in [0.4, 0.5) is 0 Å². The second-order valence-corrected chi connectivity index (χ2v) is 3.00. The number of ether oxygens (including phenoxy) is 1. The van der Waals surface area contributed by atoms with E-state index in [0.717, 1.165) is 5.56 Å². The van der Waals surface area contributed by atoms with Gasteiger partial charge >= 0.3 is 5.97 Å². The summed E-state index contributed by atoms with van der Waals surface area (Å²) in [6.07, 6.45) is 3.02. The Bertz CT molecular complexity index is 320. The summed E-state index contributed by atoms with van der Waals surface area (Å²) in [7, 11) is 3.07. The highest BCUT2D eigenvalue weighted by atomic mass is 16.5. The number of hydrogen-bond donors (Lipinski definition) is 1. The average Bonchev–Trinajstić information content (AvgIpc) is 2.55. The highest BCUT2D eigenvalue weighted by molar-refractivity contribution is 5.88. The van der Waals surface area contributed by atoms with E-state index in [4.69, 9.17) is 5.11 Å². The van der Waals surface area contributed by atoms with Gasteiger partial charge in [0.2, 0.25) is 0 Å². The lowest BCUT2D eigenvalue weighted by Gasteiger charge is -1.98. The Morgan fingerprint density at radius 2 is 2.43 bits per heavy atom. The number of aliphatic hydroxyl groups excluding tert-OH is 1. The number of aryl methyl sites for hydroxylation is 2. The van der Waals surface area contributed by atoms with Crippen LogP contribution in [0, 0.1) is 0 Å². The van der Waals surface area contributed by atoms with Crippen molar-refractivity contribution < 1.29 is 14.6 Å². The molecule has 1 aromatic rings. The van der Waals surface area contributed by atoms with Crippen LogP contribution < -0.4 is 0 Å². The molecule has 0 spiro atoms. The zero-order valence-electron chi connectivity index (χ0n) is 8.36. The van der Waals surface area contributed by atoms with Crippen LogP contribution in [0.25, 0.3) is 0 Å². The molecule has 14 heavy (non-hydrogen) atoms. The van der Waals surface area contributed by atoms with Gasteiger partial charge in [0, 0.05) is 25.4 Å². The smallest absolute Gasteiger partial charge is 0.358 e. The van der Waals surface area contributed by atoms with Crippen molar-refractivity contribution in [2.45, 2.75) is 12.8 Å². The van der Waals surface area contributed by atoms with Gasteiger partial charge < -0.3 is 9.84 Å². The monoisotopic (exact) mass is 198 g/mol. The Hall–Kier alpha value is -1.36. The summed E-state index contributed by atoms with van der Waals surface area (Å²) in [4.78, 5) is 11.3. The Morgan fingerprint density at radius 3 is 3.00 bits per heavy atom. The molecule has 0 bridgehead atoms. The number of carbonyl (C=O) groups is 1. The summed E-state index contributed by atoms with van der Waals surface area (Å²) < 4.78 is 6.16. The predicted molar refractivity (Wildman–Crippen MR) is 50.0 cm³/mol. The summed E-state index contributed by atoms with van der Waals surface area (Å²) in [5.41, 5.74) is 1.15. The molecule has 1 rings (SSSR count). The van der Waals surface area contributed by atoms with Crippen molar-refractivity contribution in [2.24, 2.45) is 7.05 Å². The van der Waals surface area contributed by atoms with Crippen LogP contribution in [0.2, 0.25) is 0 Å². The zero-order chi connectivity index (χ0) is 10.6. The van der Waals surface area contributed by atoms with Crippen LogP contribution in [-0.2, 0) is 18.2 Å². The standard InChI is InChI=1S/C9H14N2O3/c1-11-6-7(4-3-5-12)8(10-11)9(13)14-2/h6,12H,3-5H2,1-2H3. The van der Waals surface area contributed by atoms with Gasteiger partial charge in [-0.05, 0) is 12.8 Å². The summed E-state index contributed by atoms with van der Waals surface area (Å²) in [5, 5.41) is 12.7. The number of nitrogens with zero attached hydrogens (tertiary/aromatic N) is 2. The van der Waals surface area contributed by atoms with E-state index >= 15 is 0 Å². The molecule has 0 radical (unpaired) electrons. The third-order valence-corrected chi connectivity index (χ3v) is 1.89. The number of carbonyl (C=O) groups excluding carboxylic acids is 1. The van der Waals surface area contributed by atoms with Gasteiger partial charge in [0.25, 0.3) is 0 Å². The van der Waals surface area contributed by atoms with Crippen molar-refractivity contribution in [3.8, 4) is 0 Å². The maximum atomic E-state index is 11.3. The number of hydrogen-bond acceptors (Lipinski definition) is 4. The molecule has 78 valence electrons. The fourth-order valence-electron chi connectivity index (χ4n) is 1.26. The van der Waals surface area contributed by atoms with Crippen LogP contribution in [0.1, 0.15) is 22.5 Å². The third kappa shape index (κ3) is 2.32. The van der Waals surface area contributed by atoms with Crippen LogP contribution in [0.15, 0.2) is 6.20 Å². The minimum atomic E-state index is -0.432. The largest absolute Gasteiger partial charge is 0.464 e. The van der Waals surface area contributed by atoms with Crippen molar-refractivity contribution in [2.75, 3.05) is 13.7 Å². The first kappa shape index (κ1) is 10.7. The molecule has 5 heteroatoms. The quantitative estimate of drug-likeness (QED) is 0.698.